The number of carbonyl (C=O) groups excluding carboxylic acids is 1. The normalized spacial score (nSPS) is 14.3. The van der Waals surface area contributed by atoms with Gasteiger partial charge in [0.1, 0.15) is 0 Å². The Balaban J connectivity index is 1.52. The van der Waals surface area contributed by atoms with E-state index in [2.05, 4.69) is 26.4 Å². The van der Waals surface area contributed by atoms with Crippen molar-refractivity contribution in [2.75, 3.05) is 20.1 Å². The Morgan fingerprint density at radius 1 is 1.21 bits per heavy atom. The van der Waals surface area contributed by atoms with Crippen LogP contribution in [0, 0.1) is 11.3 Å². The summed E-state index contributed by atoms with van der Waals surface area (Å²) in [5.41, 5.74) is 2.27. The first-order valence-corrected chi connectivity index (χ1v) is 8.78. The van der Waals surface area contributed by atoms with E-state index in [4.69, 9.17) is 5.26 Å². The number of amides is 1. The monoisotopic (exact) mass is 374 g/mol. The molecule has 0 spiro atoms. The second kappa shape index (κ2) is 7.13. The minimum absolute atomic E-state index is 0.0630. The van der Waals surface area contributed by atoms with Crippen LogP contribution in [0.15, 0.2) is 48.8 Å². The van der Waals surface area contributed by atoms with E-state index in [1.165, 1.54) is 17.1 Å². The predicted octanol–water partition coefficient (Wildman–Crippen LogP) is 1.56. The number of hydrogen-bond donors (Lipinski definition) is 2. The molecular formula is C20H18N6O2. The van der Waals surface area contributed by atoms with Crippen molar-refractivity contribution < 1.29 is 9.90 Å². The summed E-state index contributed by atoms with van der Waals surface area (Å²) in [4.78, 5) is 18.6. The number of likely N-dealkylation sites (tertiary alicyclic amines) is 1. The minimum Gasteiger partial charge on any atom is -0.493 e. The highest BCUT2D eigenvalue weighted by atomic mass is 16.3. The number of rotatable bonds is 4. The number of nitriles is 1. The molecule has 1 aliphatic heterocycles. The number of carbonyl (C=O) groups is 1. The molecule has 1 saturated heterocycles. The van der Waals surface area contributed by atoms with Gasteiger partial charge in [0.15, 0.2) is 5.82 Å². The second-order valence-corrected chi connectivity index (χ2v) is 6.78. The van der Waals surface area contributed by atoms with Crippen LogP contribution in [0.5, 0.6) is 5.88 Å². The topological polar surface area (TPSA) is 107 Å². The van der Waals surface area contributed by atoms with Gasteiger partial charge < -0.3 is 15.3 Å². The molecule has 1 amide bonds. The third-order valence-electron chi connectivity index (χ3n) is 4.70. The number of benzene rings is 1. The van der Waals surface area contributed by atoms with E-state index in [-0.39, 0.29) is 17.8 Å². The van der Waals surface area contributed by atoms with Crippen molar-refractivity contribution in [3.05, 3.63) is 59.9 Å². The van der Waals surface area contributed by atoms with Gasteiger partial charge in [0, 0.05) is 19.3 Å². The van der Waals surface area contributed by atoms with Gasteiger partial charge in [-0.05, 0) is 36.9 Å². The first-order chi connectivity index (χ1) is 13.5. The molecular weight excluding hydrogens is 356 g/mol. The van der Waals surface area contributed by atoms with Crippen LogP contribution in [0.3, 0.4) is 0 Å². The van der Waals surface area contributed by atoms with Crippen LogP contribution in [0.2, 0.25) is 0 Å². The number of hydrogen-bond acceptors (Lipinski definition) is 6. The van der Waals surface area contributed by atoms with Gasteiger partial charge in [0.2, 0.25) is 5.88 Å². The lowest BCUT2D eigenvalue weighted by Crippen LogP contribution is -2.57. The summed E-state index contributed by atoms with van der Waals surface area (Å²) in [6.07, 6.45) is 3.00. The molecule has 0 unspecified atom stereocenters. The van der Waals surface area contributed by atoms with Gasteiger partial charge in [0.05, 0.1) is 35.0 Å². The molecule has 4 rings (SSSR count). The zero-order valence-corrected chi connectivity index (χ0v) is 15.2. The van der Waals surface area contributed by atoms with Gasteiger partial charge in [-0.25, -0.2) is 4.98 Å². The van der Waals surface area contributed by atoms with E-state index in [9.17, 15) is 9.90 Å². The Bertz CT molecular complexity index is 1040. The van der Waals surface area contributed by atoms with Gasteiger partial charge >= 0.3 is 0 Å². The molecule has 8 nitrogen and oxygen atoms in total. The molecule has 8 heteroatoms. The molecule has 140 valence electrons. The van der Waals surface area contributed by atoms with Gasteiger partial charge in [-0.3, -0.25) is 4.79 Å². The Hall–Kier alpha value is -3.70. The fraction of sp³-hybridized carbons (Fsp3) is 0.200. The SMILES string of the molecule is CN1CC(NC(=O)c2ccc(-n3ncc(-c4ccc(C#N)cc4)c3O)nc2)C1. The highest BCUT2D eigenvalue weighted by molar-refractivity contribution is 5.94. The first-order valence-electron chi connectivity index (χ1n) is 8.78. The molecule has 0 aliphatic carbocycles. The van der Waals surface area contributed by atoms with E-state index in [0.29, 0.717) is 22.5 Å². The minimum atomic E-state index is -0.167. The lowest BCUT2D eigenvalue weighted by atomic mass is 10.1. The molecule has 28 heavy (non-hydrogen) atoms. The Kier molecular flexibility index (Phi) is 4.51. The Morgan fingerprint density at radius 3 is 2.57 bits per heavy atom. The molecule has 0 atom stereocenters. The first kappa shape index (κ1) is 17.7. The molecule has 3 aromatic rings. The van der Waals surface area contributed by atoms with Crippen molar-refractivity contribution in [3.63, 3.8) is 0 Å². The smallest absolute Gasteiger partial charge is 0.253 e. The quantitative estimate of drug-likeness (QED) is 0.718. The van der Waals surface area contributed by atoms with Gasteiger partial charge in [0.25, 0.3) is 5.91 Å². The lowest BCUT2D eigenvalue weighted by molar-refractivity contribution is 0.0857. The molecule has 0 radical (unpaired) electrons. The van der Waals surface area contributed by atoms with Crippen LogP contribution in [0.4, 0.5) is 0 Å². The van der Waals surface area contributed by atoms with Crippen molar-refractivity contribution in [1.29, 1.82) is 5.26 Å². The maximum Gasteiger partial charge on any atom is 0.253 e. The summed E-state index contributed by atoms with van der Waals surface area (Å²) in [7, 11) is 2.00. The summed E-state index contributed by atoms with van der Waals surface area (Å²) in [5.74, 6) is 0.171. The third-order valence-corrected chi connectivity index (χ3v) is 4.70. The van der Waals surface area contributed by atoms with E-state index < -0.39 is 0 Å². The van der Waals surface area contributed by atoms with Crippen LogP contribution in [-0.4, -0.2) is 56.9 Å². The predicted molar refractivity (Wildman–Crippen MR) is 102 cm³/mol. The number of nitrogens with one attached hydrogen (secondary N) is 1. The molecule has 1 aliphatic rings. The van der Waals surface area contributed by atoms with Crippen LogP contribution in [0.25, 0.3) is 16.9 Å². The van der Waals surface area contributed by atoms with Crippen LogP contribution in [0.1, 0.15) is 15.9 Å². The number of likely N-dealkylation sites (N-methyl/N-ethyl adjacent to an activating group) is 1. The van der Waals surface area contributed by atoms with E-state index in [1.54, 1.807) is 36.4 Å². The summed E-state index contributed by atoms with van der Waals surface area (Å²) < 4.78 is 1.30. The Morgan fingerprint density at radius 2 is 1.96 bits per heavy atom. The summed E-state index contributed by atoms with van der Waals surface area (Å²) in [6, 6.07) is 12.4. The van der Waals surface area contributed by atoms with Crippen molar-refractivity contribution >= 4 is 5.91 Å². The third kappa shape index (κ3) is 3.31. The van der Waals surface area contributed by atoms with Crippen LogP contribution >= 0.6 is 0 Å². The second-order valence-electron chi connectivity index (χ2n) is 6.78. The Labute approximate surface area is 161 Å². The van der Waals surface area contributed by atoms with Crippen molar-refractivity contribution in [2.45, 2.75) is 6.04 Å². The summed E-state index contributed by atoms with van der Waals surface area (Å²) in [6.45, 7) is 1.69. The largest absolute Gasteiger partial charge is 0.493 e. The average Bonchev–Trinajstić information content (AvgIpc) is 3.08. The zero-order chi connectivity index (χ0) is 19.7. The van der Waals surface area contributed by atoms with Gasteiger partial charge in [-0.2, -0.15) is 15.0 Å². The fourth-order valence-corrected chi connectivity index (χ4v) is 3.14. The van der Waals surface area contributed by atoms with Crippen molar-refractivity contribution in [1.82, 2.24) is 25.0 Å². The number of aromatic nitrogens is 3. The summed E-state index contributed by atoms with van der Waals surface area (Å²) >= 11 is 0. The van der Waals surface area contributed by atoms with Crippen molar-refractivity contribution in [2.24, 2.45) is 0 Å². The molecule has 3 heterocycles. The van der Waals surface area contributed by atoms with E-state index in [0.717, 1.165) is 18.7 Å². The molecule has 0 bridgehead atoms. The highest BCUT2D eigenvalue weighted by Gasteiger charge is 2.25. The van der Waals surface area contributed by atoms with Crippen LogP contribution in [-0.2, 0) is 0 Å². The van der Waals surface area contributed by atoms with E-state index >= 15 is 0 Å². The lowest BCUT2D eigenvalue weighted by Gasteiger charge is -2.36. The van der Waals surface area contributed by atoms with Gasteiger partial charge in [-0.1, -0.05) is 12.1 Å². The molecule has 1 fully saturated rings. The van der Waals surface area contributed by atoms with E-state index in [1.807, 2.05) is 7.05 Å². The number of aromatic hydroxyl groups is 1. The molecule has 1 aromatic carbocycles. The molecule has 2 N–H and O–H groups in total. The molecule has 2 aromatic heterocycles. The maximum atomic E-state index is 12.2. The average molecular weight is 374 g/mol. The van der Waals surface area contributed by atoms with Crippen molar-refractivity contribution in [3.8, 4) is 28.9 Å². The molecule has 0 saturated carbocycles. The number of nitrogens with zero attached hydrogens (tertiary/aromatic N) is 5. The highest BCUT2D eigenvalue weighted by Crippen LogP contribution is 2.30. The fourth-order valence-electron chi connectivity index (χ4n) is 3.14. The number of pyridine rings is 1. The standard InChI is InChI=1S/C20H18N6O2/c1-25-11-16(12-25)24-19(27)15-6-7-18(22-9-15)26-20(28)17(10-23-26)14-4-2-13(8-21)3-5-14/h2-7,9-10,16,28H,11-12H2,1H3,(H,24,27). The van der Waals surface area contributed by atoms with Gasteiger partial charge in [-0.15, -0.1) is 0 Å². The van der Waals surface area contributed by atoms with Crippen LogP contribution < -0.4 is 5.32 Å². The summed E-state index contributed by atoms with van der Waals surface area (Å²) in [5, 5.41) is 26.6. The maximum absolute atomic E-state index is 12.2. The zero-order valence-electron chi connectivity index (χ0n) is 15.2.